The molecule has 128 valence electrons. The molecule has 0 unspecified atom stereocenters. The predicted molar refractivity (Wildman–Crippen MR) is 91.4 cm³/mol. The molecule has 0 radical (unpaired) electrons. The molecule has 1 aromatic rings. The van der Waals surface area contributed by atoms with E-state index in [0.717, 1.165) is 17.7 Å². The molecule has 0 spiro atoms. The molecule has 0 bridgehead atoms. The zero-order valence-electron chi connectivity index (χ0n) is 13.1. The van der Waals surface area contributed by atoms with E-state index in [9.17, 15) is 9.59 Å². The second kappa shape index (κ2) is 10.1. The van der Waals surface area contributed by atoms with E-state index in [1.165, 1.54) is 0 Å². The van der Waals surface area contributed by atoms with Gasteiger partial charge in [0.25, 0.3) is 0 Å². The number of nitrogens with one attached hydrogen (secondary N) is 1. The van der Waals surface area contributed by atoms with Gasteiger partial charge < -0.3 is 20.7 Å². The lowest BCUT2D eigenvalue weighted by Gasteiger charge is -2.26. The lowest BCUT2D eigenvalue weighted by atomic mass is 10.1. The van der Waals surface area contributed by atoms with Crippen molar-refractivity contribution in [3.8, 4) is 0 Å². The summed E-state index contributed by atoms with van der Waals surface area (Å²) in [6.07, 6.45) is 1.25. The van der Waals surface area contributed by atoms with Gasteiger partial charge in [-0.1, -0.05) is 12.1 Å². The van der Waals surface area contributed by atoms with Crippen LogP contribution in [0.5, 0.6) is 0 Å². The fourth-order valence-corrected chi connectivity index (χ4v) is 2.31. The van der Waals surface area contributed by atoms with Gasteiger partial charge in [0.1, 0.15) is 0 Å². The molecule has 3 N–H and O–H groups in total. The van der Waals surface area contributed by atoms with Crippen LogP contribution in [-0.2, 0) is 20.7 Å². The zero-order chi connectivity index (χ0) is 15.8. The summed E-state index contributed by atoms with van der Waals surface area (Å²) in [5, 5.41) is 2.84. The van der Waals surface area contributed by atoms with Crippen molar-refractivity contribution in [3.63, 3.8) is 0 Å². The van der Waals surface area contributed by atoms with Crippen LogP contribution >= 0.6 is 12.4 Å². The average Bonchev–Trinajstić information content (AvgIpc) is 2.55. The Kier molecular flexibility index (Phi) is 8.43. The van der Waals surface area contributed by atoms with Crippen molar-refractivity contribution in [3.05, 3.63) is 29.8 Å². The lowest BCUT2D eigenvalue weighted by Crippen LogP contribution is -2.41. The van der Waals surface area contributed by atoms with Crippen molar-refractivity contribution in [2.75, 3.05) is 38.6 Å². The van der Waals surface area contributed by atoms with Gasteiger partial charge in [-0.25, -0.2) is 0 Å². The molecule has 0 aromatic heterocycles. The largest absolute Gasteiger partial charge is 0.399 e. The van der Waals surface area contributed by atoms with Gasteiger partial charge in [0.2, 0.25) is 11.8 Å². The summed E-state index contributed by atoms with van der Waals surface area (Å²) in [4.78, 5) is 25.4. The summed E-state index contributed by atoms with van der Waals surface area (Å²) in [7, 11) is 0. The fourth-order valence-electron chi connectivity index (χ4n) is 2.31. The first-order valence-corrected chi connectivity index (χ1v) is 7.62. The molecule has 1 fully saturated rings. The highest BCUT2D eigenvalue weighted by Gasteiger charge is 2.17. The normalized spacial score (nSPS) is 14.0. The van der Waals surface area contributed by atoms with E-state index >= 15 is 0 Å². The summed E-state index contributed by atoms with van der Waals surface area (Å²) >= 11 is 0. The number of amides is 2. The number of halogens is 1. The standard InChI is InChI=1S/C16H23N3O3.ClH/c17-14-3-1-13(2-4-14)7-8-18-15(20)5-6-16(21)19-9-11-22-12-10-19;/h1-4H,5-12,17H2,(H,18,20);1H. The van der Waals surface area contributed by atoms with Crippen molar-refractivity contribution < 1.29 is 14.3 Å². The molecular formula is C16H24ClN3O3. The van der Waals surface area contributed by atoms with Crippen molar-refractivity contribution in [2.45, 2.75) is 19.3 Å². The van der Waals surface area contributed by atoms with E-state index in [-0.39, 0.29) is 37.1 Å². The van der Waals surface area contributed by atoms with E-state index < -0.39 is 0 Å². The van der Waals surface area contributed by atoms with Crippen LogP contribution in [0.1, 0.15) is 18.4 Å². The number of nitrogens with zero attached hydrogens (tertiary/aromatic N) is 1. The number of ether oxygens (including phenoxy) is 1. The summed E-state index contributed by atoms with van der Waals surface area (Å²) < 4.78 is 5.20. The predicted octanol–water partition coefficient (Wildman–Crippen LogP) is 0.988. The van der Waals surface area contributed by atoms with E-state index in [4.69, 9.17) is 10.5 Å². The minimum atomic E-state index is -0.0861. The molecular weight excluding hydrogens is 318 g/mol. The Bertz CT molecular complexity index is 502. The summed E-state index contributed by atoms with van der Waals surface area (Å²) in [6.45, 7) is 2.97. The van der Waals surface area contributed by atoms with Crippen LogP contribution < -0.4 is 11.1 Å². The monoisotopic (exact) mass is 341 g/mol. The second-order valence-electron chi connectivity index (χ2n) is 5.33. The Morgan fingerprint density at radius 3 is 2.43 bits per heavy atom. The van der Waals surface area contributed by atoms with Crippen molar-refractivity contribution in [1.82, 2.24) is 10.2 Å². The summed E-state index contributed by atoms with van der Waals surface area (Å²) in [6, 6.07) is 7.59. The minimum absolute atomic E-state index is 0. The Labute approximate surface area is 142 Å². The van der Waals surface area contributed by atoms with Gasteiger partial charge in [-0.2, -0.15) is 0 Å². The first-order valence-electron chi connectivity index (χ1n) is 7.62. The summed E-state index contributed by atoms with van der Waals surface area (Å²) in [5.41, 5.74) is 7.47. The van der Waals surface area contributed by atoms with E-state index in [0.29, 0.717) is 32.8 Å². The molecule has 0 aliphatic carbocycles. The molecule has 0 atom stereocenters. The third-order valence-electron chi connectivity index (χ3n) is 3.65. The molecule has 7 heteroatoms. The maximum absolute atomic E-state index is 11.9. The number of hydrogen-bond donors (Lipinski definition) is 2. The number of nitrogen functional groups attached to an aromatic ring is 1. The number of benzene rings is 1. The van der Waals surface area contributed by atoms with Crippen LogP contribution in [0.3, 0.4) is 0 Å². The van der Waals surface area contributed by atoms with Gasteiger partial charge in [0.15, 0.2) is 0 Å². The highest BCUT2D eigenvalue weighted by atomic mass is 35.5. The molecule has 1 heterocycles. The summed E-state index contributed by atoms with van der Waals surface area (Å²) in [5.74, 6) is -0.0611. The molecule has 1 aliphatic heterocycles. The topological polar surface area (TPSA) is 84.7 Å². The molecule has 6 nitrogen and oxygen atoms in total. The Morgan fingerprint density at radius 1 is 1.13 bits per heavy atom. The maximum Gasteiger partial charge on any atom is 0.223 e. The molecule has 23 heavy (non-hydrogen) atoms. The van der Waals surface area contributed by atoms with Crippen LogP contribution in [0, 0.1) is 0 Å². The highest BCUT2D eigenvalue weighted by molar-refractivity contribution is 5.85. The zero-order valence-corrected chi connectivity index (χ0v) is 13.9. The number of rotatable bonds is 6. The van der Waals surface area contributed by atoms with Crippen molar-refractivity contribution in [1.29, 1.82) is 0 Å². The van der Waals surface area contributed by atoms with Gasteiger partial charge in [-0.05, 0) is 24.1 Å². The molecule has 1 saturated heterocycles. The second-order valence-corrected chi connectivity index (χ2v) is 5.33. The van der Waals surface area contributed by atoms with Gasteiger partial charge in [-0.15, -0.1) is 12.4 Å². The first kappa shape index (κ1) is 19.3. The average molecular weight is 342 g/mol. The van der Waals surface area contributed by atoms with Crippen LogP contribution in [0.15, 0.2) is 24.3 Å². The van der Waals surface area contributed by atoms with Gasteiger partial charge in [0, 0.05) is 38.2 Å². The lowest BCUT2D eigenvalue weighted by molar-refractivity contribution is -0.137. The quantitative estimate of drug-likeness (QED) is 0.756. The molecule has 0 saturated carbocycles. The maximum atomic E-state index is 11.9. The Balaban J connectivity index is 0.00000264. The first-order chi connectivity index (χ1) is 10.6. The van der Waals surface area contributed by atoms with Crippen LogP contribution in [0.2, 0.25) is 0 Å². The number of nitrogens with two attached hydrogens (primary N) is 1. The molecule has 1 aromatic carbocycles. The van der Waals surface area contributed by atoms with Crippen LogP contribution in [0.4, 0.5) is 5.69 Å². The molecule has 2 rings (SSSR count). The highest BCUT2D eigenvalue weighted by Crippen LogP contribution is 2.06. The van der Waals surface area contributed by atoms with E-state index in [1.807, 2.05) is 24.3 Å². The van der Waals surface area contributed by atoms with Gasteiger partial charge >= 0.3 is 0 Å². The smallest absolute Gasteiger partial charge is 0.223 e. The third-order valence-corrected chi connectivity index (χ3v) is 3.65. The van der Waals surface area contributed by atoms with Crippen molar-refractivity contribution in [2.24, 2.45) is 0 Å². The number of morpholine rings is 1. The number of carbonyl (C=O) groups excluding carboxylic acids is 2. The number of hydrogen-bond acceptors (Lipinski definition) is 4. The van der Waals surface area contributed by atoms with E-state index in [1.54, 1.807) is 4.90 Å². The van der Waals surface area contributed by atoms with Crippen LogP contribution in [0.25, 0.3) is 0 Å². The van der Waals surface area contributed by atoms with E-state index in [2.05, 4.69) is 5.32 Å². The van der Waals surface area contributed by atoms with Crippen molar-refractivity contribution >= 4 is 29.9 Å². The molecule has 2 amide bonds. The van der Waals surface area contributed by atoms with Gasteiger partial charge in [0.05, 0.1) is 13.2 Å². The molecule has 1 aliphatic rings. The van der Waals surface area contributed by atoms with Gasteiger partial charge in [-0.3, -0.25) is 9.59 Å². The number of anilines is 1. The number of carbonyl (C=O) groups is 2. The fraction of sp³-hybridized carbons (Fsp3) is 0.500. The Morgan fingerprint density at radius 2 is 1.78 bits per heavy atom. The Hall–Kier alpha value is -1.79. The van der Waals surface area contributed by atoms with Crippen LogP contribution in [-0.4, -0.2) is 49.6 Å². The third kappa shape index (κ3) is 6.88. The SMILES string of the molecule is Cl.Nc1ccc(CCNC(=O)CCC(=O)N2CCOCC2)cc1. The minimum Gasteiger partial charge on any atom is -0.399 e.